The number of amides is 2. The molecule has 1 aromatic carbocycles. The Morgan fingerprint density at radius 1 is 1.44 bits per heavy atom. The van der Waals surface area contributed by atoms with E-state index in [1.54, 1.807) is 4.90 Å². The number of hydrogen-bond donors (Lipinski definition) is 2. The highest BCUT2D eigenvalue weighted by atomic mass is 19.1. The Kier molecular flexibility index (Phi) is 5.06. The third-order valence-electron chi connectivity index (χ3n) is 4.24. The lowest BCUT2D eigenvalue weighted by atomic mass is 10.1. The minimum atomic E-state index is -0.474. The summed E-state index contributed by atoms with van der Waals surface area (Å²) in [5.41, 5.74) is 0.674. The normalized spacial score (nSPS) is 16.9. The van der Waals surface area contributed by atoms with E-state index < -0.39 is 11.9 Å². The number of halogens is 1. The number of carbonyl (C=O) groups excluding carboxylic acids is 2. The number of benzene rings is 1. The smallest absolute Gasteiger partial charge is 0.247 e. The van der Waals surface area contributed by atoms with Crippen molar-refractivity contribution in [3.63, 3.8) is 0 Å². The van der Waals surface area contributed by atoms with Gasteiger partial charge in [-0.25, -0.2) is 9.37 Å². The summed E-state index contributed by atoms with van der Waals surface area (Å²) >= 11 is 0. The van der Waals surface area contributed by atoms with Crippen LogP contribution >= 0.6 is 0 Å². The summed E-state index contributed by atoms with van der Waals surface area (Å²) in [5, 5.41) is 9.08. The quantitative estimate of drug-likeness (QED) is 0.870. The van der Waals surface area contributed by atoms with Crippen molar-refractivity contribution in [3.05, 3.63) is 30.3 Å². The van der Waals surface area contributed by atoms with Crippen molar-refractivity contribution in [2.75, 3.05) is 11.9 Å². The Labute approximate surface area is 144 Å². The minimum absolute atomic E-state index is 0.00149. The first kappa shape index (κ1) is 17.1. The highest BCUT2D eigenvalue weighted by Crippen LogP contribution is 2.24. The summed E-state index contributed by atoms with van der Waals surface area (Å²) in [4.78, 5) is 30.3. The number of likely N-dealkylation sites (tertiary alicyclic amines) is 1. The number of hydrogen-bond acceptors (Lipinski definition) is 4. The molecule has 1 atom stereocenters. The molecule has 2 aromatic rings. The number of nitrogens with zero attached hydrogens (tertiary/aromatic N) is 3. The number of aromatic amines is 1. The van der Waals surface area contributed by atoms with E-state index in [2.05, 4.69) is 20.5 Å². The van der Waals surface area contributed by atoms with Crippen LogP contribution in [0.3, 0.4) is 0 Å². The fraction of sp³-hybridized carbons (Fsp3) is 0.412. The molecular weight excluding hydrogens is 325 g/mol. The lowest BCUT2D eigenvalue weighted by Crippen LogP contribution is -2.43. The number of anilines is 1. The lowest BCUT2D eigenvalue weighted by Gasteiger charge is -2.24. The van der Waals surface area contributed by atoms with Crippen molar-refractivity contribution in [2.24, 2.45) is 0 Å². The fourth-order valence-corrected chi connectivity index (χ4v) is 3.04. The largest absolute Gasteiger partial charge is 0.331 e. The Morgan fingerprint density at radius 2 is 2.28 bits per heavy atom. The number of H-pyrrole nitrogens is 1. The molecule has 1 unspecified atom stereocenters. The molecule has 0 bridgehead atoms. The molecule has 3 rings (SSSR count). The Morgan fingerprint density at radius 3 is 3.00 bits per heavy atom. The van der Waals surface area contributed by atoms with Gasteiger partial charge in [0.1, 0.15) is 18.2 Å². The van der Waals surface area contributed by atoms with Gasteiger partial charge in [0.2, 0.25) is 11.8 Å². The summed E-state index contributed by atoms with van der Waals surface area (Å²) in [6, 6.07) is 3.78. The zero-order valence-corrected chi connectivity index (χ0v) is 14.0. The molecule has 1 fully saturated rings. The Bertz CT molecular complexity index is 762. The molecule has 1 saturated heterocycles. The van der Waals surface area contributed by atoms with Gasteiger partial charge in [-0.15, -0.1) is 0 Å². The van der Waals surface area contributed by atoms with E-state index in [1.807, 2.05) is 6.92 Å². The van der Waals surface area contributed by atoms with Crippen LogP contribution in [-0.2, 0) is 9.59 Å². The Hall–Kier alpha value is -2.77. The molecule has 0 aliphatic carbocycles. The van der Waals surface area contributed by atoms with Gasteiger partial charge in [0.25, 0.3) is 0 Å². The maximum absolute atomic E-state index is 14.0. The fourth-order valence-electron chi connectivity index (χ4n) is 3.04. The van der Waals surface area contributed by atoms with Gasteiger partial charge in [0.05, 0.1) is 5.56 Å². The molecule has 132 valence electrons. The van der Waals surface area contributed by atoms with Crippen molar-refractivity contribution in [1.29, 1.82) is 0 Å². The van der Waals surface area contributed by atoms with Crippen molar-refractivity contribution in [2.45, 2.75) is 38.6 Å². The van der Waals surface area contributed by atoms with Crippen LogP contribution < -0.4 is 5.32 Å². The third kappa shape index (κ3) is 3.67. The van der Waals surface area contributed by atoms with E-state index in [9.17, 15) is 14.0 Å². The van der Waals surface area contributed by atoms with Crippen molar-refractivity contribution in [3.8, 4) is 11.4 Å². The number of nitrogens with one attached hydrogen (secondary N) is 2. The first-order valence-corrected chi connectivity index (χ1v) is 8.35. The van der Waals surface area contributed by atoms with Crippen molar-refractivity contribution >= 4 is 17.5 Å². The molecule has 0 radical (unpaired) electrons. The highest BCUT2D eigenvalue weighted by Gasteiger charge is 2.33. The summed E-state index contributed by atoms with van der Waals surface area (Å²) in [7, 11) is 0. The molecule has 1 aromatic heterocycles. The second kappa shape index (κ2) is 7.42. The second-order valence-electron chi connectivity index (χ2n) is 6.01. The molecule has 0 spiro atoms. The number of carbonyl (C=O) groups is 2. The van der Waals surface area contributed by atoms with Gasteiger partial charge in [-0.1, -0.05) is 6.92 Å². The van der Waals surface area contributed by atoms with Gasteiger partial charge in [-0.05, 0) is 37.5 Å². The predicted molar refractivity (Wildman–Crippen MR) is 90.0 cm³/mol. The minimum Gasteiger partial charge on any atom is -0.331 e. The van der Waals surface area contributed by atoms with Gasteiger partial charge in [0, 0.05) is 18.7 Å². The Balaban J connectivity index is 1.75. The summed E-state index contributed by atoms with van der Waals surface area (Å²) in [6.45, 7) is 2.54. The number of rotatable bonds is 5. The average molecular weight is 345 g/mol. The van der Waals surface area contributed by atoms with Gasteiger partial charge >= 0.3 is 0 Å². The molecule has 2 N–H and O–H groups in total. The van der Waals surface area contributed by atoms with Crippen LogP contribution in [0.15, 0.2) is 24.5 Å². The van der Waals surface area contributed by atoms with Crippen LogP contribution in [0.2, 0.25) is 0 Å². The molecular formula is C17H20FN5O2. The molecule has 1 aliphatic heterocycles. The molecule has 0 saturated carbocycles. The number of aromatic nitrogens is 3. The average Bonchev–Trinajstić information content (AvgIpc) is 3.28. The topological polar surface area (TPSA) is 91.0 Å². The molecule has 7 nitrogen and oxygen atoms in total. The molecule has 1 aliphatic rings. The SMILES string of the molecule is CCCC(=O)N1CCCC1C(=O)Nc1ccc(F)c(-c2ncn[nH]2)c1. The summed E-state index contributed by atoms with van der Waals surface area (Å²) in [5.74, 6) is -0.428. The third-order valence-corrected chi connectivity index (χ3v) is 4.24. The van der Waals surface area contributed by atoms with Crippen LogP contribution in [0.1, 0.15) is 32.6 Å². The zero-order valence-electron chi connectivity index (χ0n) is 14.0. The van der Waals surface area contributed by atoms with Crippen LogP contribution in [0, 0.1) is 5.82 Å². The van der Waals surface area contributed by atoms with Gasteiger partial charge in [0.15, 0.2) is 5.82 Å². The van der Waals surface area contributed by atoms with E-state index in [1.165, 1.54) is 24.5 Å². The monoisotopic (exact) mass is 345 g/mol. The second-order valence-corrected chi connectivity index (χ2v) is 6.01. The first-order valence-electron chi connectivity index (χ1n) is 8.35. The highest BCUT2D eigenvalue weighted by molar-refractivity contribution is 5.97. The van der Waals surface area contributed by atoms with E-state index in [-0.39, 0.29) is 23.2 Å². The lowest BCUT2D eigenvalue weighted by molar-refractivity contribution is -0.136. The van der Waals surface area contributed by atoms with Crippen LogP contribution in [-0.4, -0.2) is 44.5 Å². The standard InChI is InChI=1S/C17H20FN5O2/c1-2-4-15(24)23-8-3-5-14(23)17(25)21-11-6-7-13(18)12(9-11)16-19-10-20-22-16/h6-7,9-10,14H,2-5,8H2,1H3,(H,21,25)(H,19,20,22). The molecule has 8 heteroatoms. The summed E-state index contributed by atoms with van der Waals surface area (Å²) in [6.07, 6.45) is 3.92. The van der Waals surface area contributed by atoms with E-state index in [0.717, 1.165) is 12.8 Å². The van der Waals surface area contributed by atoms with Crippen molar-refractivity contribution in [1.82, 2.24) is 20.1 Å². The van der Waals surface area contributed by atoms with E-state index in [0.29, 0.717) is 25.1 Å². The zero-order chi connectivity index (χ0) is 17.8. The van der Waals surface area contributed by atoms with E-state index >= 15 is 0 Å². The maximum Gasteiger partial charge on any atom is 0.247 e. The van der Waals surface area contributed by atoms with Gasteiger partial charge < -0.3 is 10.2 Å². The van der Waals surface area contributed by atoms with Crippen LogP contribution in [0.25, 0.3) is 11.4 Å². The molecule has 2 heterocycles. The van der Waals surface area contributed by atoms with Crippen LogP contribution in [0.5, 0.6) is 0 Å². The summed E-state index contributed by atoms with van der Waals surface area (Å²) < 4.78 is 14.0. The van der Waals surface area contributed by atoms with Crippen LogP contribution in [0.4, 0.5) is 10.1 Å². The predicted octanol–water partition coefficient (Wildman–Crippen LogP) is 2.34. The van der Waals surface area contributed by atoms with Gasteiger partial charge in [-0.2, -0.15) is 5.10 Å². The maximum atomic E-state index is 14.0. The van der Waals surface area contributed by atoms with E-state index in [4.69, 9.17) is 0 Å². The van der Waals surface area contributed by atoms with Crippen molar-refractivity contribution < 1.29 is 14.0 Å². The van der Waals surface area contributed by atoms with Gasteiger partial charge in [-0.3, -0.25) is 14.7 Å². The first-order chi connectivity index (χ1) is 12.1. The molecule has 25 heavy (non-hydrogen) atoms. The molecule has 2 amide bonds.